The first-order chi connectivity index (χ1) is 15.9. The second-order valence-corrected chi connectivity index (χ2v) is 7.58. The molecule has 0 radical (unpaired) electrons. The number of ether oxygens (including phenoxy) is 2. The van der Waals surface area contributed by atoms with Crippen LogP contribution in [0, 0.1) is 24.1 Å². The molecule has 0 fully saturated rings. The minimum absolute atomic E-state index is 0.0785. The Morgan fingerprint density at radius 2 is 1.94 bits per heavy atom. The second-order valence-electron chi connectivity index (χ2n) is 7.14. The number of rotatable bonds is 8. The van der Waals surface area contributed by atoms with Crippen LogP contribution in [0.1, 0.15) is 23.6 Å². The molecule has 0 heterocycles. The molecule has 0 bridgehead atoms. The van der Waals surface area contributed by atoms with Crippen LogP contribution in [-0.2, 0) is 11.4 Å². The van der Waals surface area contributed by atoms with E-state index >= 15 is 0 Å². The minimum atomic E-state index is -0.549. The highest BCUT2D eigenvalue weighted by molar-refractivity contribution is 6.31. The van der Waals surface area contributed by atoms with Crippen LogP contribution in [0.25, 0.3) is 6.08 Å². The van der Waals surface area contributed by atoms with E-state index in [-0.39, 0.29) is 18.0 Å². The lowest BCUT2D eigenvalue weighted by atomic mass is 10.1. The van der Waals surface area contributed by atoms with E-state index in [0.717, 1.165) is 5.56 Å². The van der Waals surface area contributed by atoms with Gasteiger partial charge in [0.1, 0.15) is 24.1 Å². The van der Waals surface area contributed by atoms with Crippen molar-refractivity contribution in [3.63, 3.8) is 0 Å². The number of hydrogen-bond acceptors (Lipinski definition) is 4. The van der Waals surface area contributed by atoms with E-state index in [9.17, 15) is 14.4 Å². The summed E-state index contributed by atoms with van der Waals surface area (Å²) in [5.74, 6) is 0.0333. The van der Waals surface area contributed by atoms with Crippen LogP contribution in [0.3, 0.4) is 0 Å². The maximum absolute atomic E-state index is 13.4. The topological polar surface area (TPSA) is 71.3 Å². The zero-order valence-electron chi connectivity index (χ0n) is 18.2. The molecule has 0 aliphatic heterocycles. The van der Waals surface area contributed by atoms with Gasteiger partial charge in [0.15, 0.2) is 11.5 Å². The van der Waals surface area contributed by atoms with Gasteiger partial charge in [-0.2, -0.15) is 5.26 Å². The molecule has 0 atom stereocenters. The van der Waals surface area contributed by atoms with E-state index in [1.807, 2.05) is 19.9 Å². The Bertz CT molecular complexity index is 1230. The lowest BCUT2D eigenvalue weighted by molar-refractivity contribution is -0.112. The van der Waals surface area contributed by atoms with Gasteiger partial charge in [-0.15, -0.1) is 0 Å². The summed E-state index contributed by atoms with van der Waals surface area (Å²) >= 11 is 6.00. The van der Waals surface area contributed by atoms with Crippen LogP contribution in [0.2, 0.25) is 5.02 Å². The predicted octanol–water partition coefficient (Wildman–Crippen LogP) is 6.31. The van der Waals surface area contributed by atoms with E-state index in [1.165, 1.54) is 18.2 Å². The molecule has 3 aromatic rings. The Balaban J connectivity index is 1.80. The fourth-order valence-corrected chi connectivity index (χ4v) is 3.20. The van der Waals surface area contributed by atoms with Crippen LogP contribution in [-0.4, -0.2) is 12.5 Å². The van der Waals surface area contributed by atoms with Gasteiger partial charge in [-0.05, 0) is 73.0 Å². The summed E-state index contributed by atoms with van der Waals surface area (Å²) in [7, 11) is 0. The third-order valence-electron chi connectivity index (χ3n) is 4.67. The number of amides is 1. The zero-order valence-corrected chi connectivity index (χ0v) is 18.9. The van der Waals surface area contributed by atoms with Crippen LogP contribution >= 0.6 is 11.6 Å². The normalized spacial score (nSPS) is 10.9. The van der Waals surface area contributed by atoms with Crippen molar-refractivity contribution in [3.05, 3.63) is 93.8 Å². The first-order valence-corrected chi connectivity index (χ1v) is 10.6. The highest BCUT2D eigenvalue weighted by Crippen LogP contribution is 2.30. The summed E-state index contributed by atoms with van der Waals surface area (Å²) in [6.07, 6.45) is 1.47. The van der Waals surface area contributed by atoms with Crippen molar-refractivity contribution >= 4 is 29.3 Å². The summed E-state index contributed by atoms with van der Waals surface area (Å²) in [5.41, 5.74) is 2.55. The standard InChI is InChI=1S/C26H22ClFN2O3/c1-3-32-25-13-18(8-10-24(25)33-16-19-5-4-6-22(28)12-19)11-20(15-29)26(31)30-23-14-21(27)9-7-17(23)2/h4-14H,3,16H2,1-2H3,(H,30,31)/b20-11+. The quantitative estimate of drug-likeness (QED) is 0.313. The van der Waals surface area contributed by atoms with Gasteiger partial charge in [-0.1, -0.05) is 35.9 Å². The average Bonchev–Trinajstić information content (AvgIpc) is 2.79. The zero-order chi connectivity index (χ0) is 23.8. The largest absolute Gasteiger partial charge is 0.490 e. The van der Waals surface area contributed by atoms with Crippen LogP contribution < -0.4 is 14.8 Å². The molecule has 7 heteroatoms. The number of nitrogens with zero attached hydrogens (tertiary/aromatic N) is 1. The number of halogens is 2. The molecule has 0 saturated carbocycles. The van der Waals surface area contributed by atoms with Gasteiger partial charge in [-0.25, -0.2) is 4.39 Å². The van der Waals surface area contributed by atoms with Gasteiger partial charge in [0, 0.05) is 10.7 Å². The van der Waals surface area contributed by atoms with Crippen LogP contribution in [0.5, 0.6) is 11.5 Å². The van der Waals surface area contributed by atoms with Crippen molar-refractivity contribution in [2.24, 2.45) is 0 Å². The Hall–Kier alpha value is -3.82. The predicted molar refractivity (Wildman–Crippen MR) is 127 cm³/mol. The van der Waals surface area contributed by atoms with Gasteiger partial charge in [0.2, 0.25) is 0 Å². The Kier molecular flexibility index (Phi) is 8.06. The first-order valence-electron chi connectivity index (χ1n) is 10.2. The van der Waals surface area contributed by atoms with Gasteiger partial charge >= 0.3 is 0 Å². The van der Waals surface area contributed by atoms with Gasteiger partial charge in [0.25, 0.3) is 5.91 Å². The van der Waals surface area contributed by atoms with Crippen LogP contribution in [0.15, 0.2) is 66.2 Å². The van der Waals surface area contributed by atoms with Crippen molar-refractivity contribution in [2.75, 3.05) is 11.9 Å². The highest BCUT2D eigenvalue weighted by atomic mass is 35.5. The average molecular weight is 465 g/mol. The Labute approximate surface area is 197 Å². The number of aryl methyl sites for hydroxylation is 1. The summed E-state index contributed by atoms with van der Waals surface area (Å²) in [6, 6.07) is 18.3. The van der Waals surface area contributed by atoms with Gasteiger partial charge in [0.05, 0.1) is 6.61 Å². The molecule has 0 unspecified atom stereocenters. The Morgan fingerprint density at radius 3 is 2.67 bits per heavy atom. The minimum Gasteiger partial charge on any atom is -0.490 e. The van der Waals surface area contributed by atoms with E-state index in [0.29, 0.717) is 39.9 Å². The monoisotopic (exact) mass is 464 g/mol. The maximum atomic E-state index is 13.4. The summed E-state index contributed by atoms with van der Waals surface area (Å²) in [5, 5.41) is 12.7. The number of hydrogen-bond donors (Lipinski definition) is 1. The molecule has 0 aliphatic rings. The van der Waals surface area contributed by atoms with E-state index in [2.05, 4.69) is 5.32 Å². The molecule has 1 amide bonds. The molecule has 3 aromatic carbocycles. The lowest BCUT2D eigenvalue weighted by Crippen LogP contribution is -2.14. The van der Waals surface area contributed by atoms with E-state index in [4.69, 9.17) is 21.1 Å². The SMILES string of the molecule is CCOc1cc(/C=C(\C#N)C(=O)Nc2cc(Cl)ccc2C)ccc1OCc1cccc(F)c1. The summed E-state index contributed by atoms with van der Waals surface area (Å²) in [4.78, 5) is 12.6. The lowest BCUT2D eigenvalue weighted by Gasteiger charge is -2.13. The highest BCUT2D eigenvalue weighted by Gasteiger charge is 2.13. The molecule has 168 valence electrons. The van der Waals surface area contributed by atoms with Crippen LogP contribution in [0.4, 0.5) is 10.1 Å². The van der Waals surface area contributed by atoms with Crippen molar-refractivity contribution < 1.29 is 18.7 Å². The molecule has 33 heavy (non-hydrogen) atoms. The van der Waals surface area contributed by atoms with Gasteiger partial charge in [-0.3, -0.25) is 4.79 Å². The smallest absolute Gasteiger partial charge is 0.266 e. The number of carbonyl (C=O) groups is 1. The molecule has 0 saturated heterocycles. The summed E-state index contributed by atoms with van der Waals surface area (Å²) in [6.45, 7) is 4.22. The molecule has 0 aromatic heterocycles. The molecule has 1 N–H and O–H groups in total. The molecule has 5 nitrogen and oxygen atoms in total. The number of nitriles is 1. The molecular weight excluding hydrogens is 443 g/mol. The molecule has 0 spiro atoms. The third kappa shape index (κ3) is 6.58. The fraction of sp³-hybridized carbons (Fsp3) is 0.154. The molecule has 3 rings (SSSR count). The second kappa shape index (κ2) is 11.2. The van der Waals surface area contributed by atoms with Crippen molar-refractivity contribution in [3.8, 4) is 17.6 Å². The van der Waals surface area contributed by atoms with Gasteiger partial charge < -0.3 is 14.8 Å². The number of nitrogens with one attached hydrogen (secondary N) is 1. The fourth-order valence-electron chi connectivity index (χ4n) is 3.02. The maximum Gasteiger partial charge on any atom is 0.266 e. The van der Waals surface area contributed by atoms with E-state index in [1.54, 1.807) is 48.5 Å². The Morgan fingerprint density at radius 1 is 1.12 bits per heavy atom. The number of benzene rings is 3. The summed E-state index contributed by atoms with van der Waals surface area (Å²) < 4.78 is 24.9. The number of carbonyl (C=O) groups excluding carboxylic acids is 1. The molecule has 0 aliphatic carbocycles. The van der Waals surface area contributed by atoms with Crippen molar-refractivity contribution in [1.82, 2.24) is 0 Å². The first kappa shape index (κ1) is 23.8. The molecular formula is C26H22ClFN2O3. The van der Waals surface area contributed by atoms with E-state index < -0.39 is 5.91 Å². The van der Waals surface area contributed by atoms with Crippen molar-refractivity contribution in [2.45, 2.75) is 20.5 Å². The third-order valence-corrected chi connectivity index (χ3v) is 4.91. The number of anilines is 1. The van der Waals surface area contributed by atoms with Crippen molar-refractivity contribution in [1.29, 1.82) is 5.26 Å².